The lowest BCUT2D eigenvalue weighted by Gasteiger charge is -2.22. The standard InChI is InChI=1S/C56H91O14P/c1-3-5-7-9-11-13-15-17-19-21-29-37-53(57)65-45-51(69-55(59)38-30-22-20-18-16-14-12-10-8-6-4-2)47-67-71(61,62)68-48-52(70-56(60)40-32-42-64-44-50-35-27-24-28-36-50)46-66-54(58)39-31-41-63-43-49-33-25-23-26-34-49/h23-28,33-36,51-52H,3-22,29-32,37-48H2,1-2H3,(H,61,62)/t51-,52?/m1/s1. The number of unbranched alkanes of at least 4 members (excludes halogenated alkanes) is 20. The topological polar surface area (TPSA) is 179 Å². The molecular formula is C56H91O14P. The van der Waals surface area contributed by atoms with Crippen LogP contribution in [-0.2, 0) is 74.4 Å². The molecule has 0 saturated carbocycles. The van der Waals surface area contributed by atoms with Gasteiger partial charge in [-0.3, -0.25) is 28.2 Å². The first-order valence-corrected chi connectivity index (χ1v) is 28.6. The van der Waals surface area contributed by atoms with Crippen molar-refractivity contribution in [3.05, 3.63) is 71.8 Å². The Morgan fingerprint density at radius 3 is 1.10 bits per heavy atom. The minimum absolute atomic E-state index is 0.0277. The van der Waals surface area contributed by atoms with E-state index in [2.05, 4.69) is 13.8 Å². The number of ether oxygens (including phenoxy) is 6. The highest BCUT2D eigenvalue weighted by Gasteiger charge is 2.29. The van der Waals surface area contributed by atoms with Crippen molar-refractivity contribution in [2.45, 2.75) is 219 Å². The average molecular weight is 1020 g/mol. The van der Waals surface area contributed by atoms with Gasteiger partial charge in [0.25, 0.3) is 0 Å². The lowest BCUT2D eigenvalue weighted by atomic mass is 10.1. The number of esters is 4. The molecule has 15 heteroatoms. The normalized spacial score (nSPS) is 13.0. The first kappa shape index (κ1) is 63.5. The molecule has 0 bridgehead atoms. The number of hydrogen-bond donors (Lipinski definition) is 1. The molecule has 0 saturated heterocycles. The van der Waals surface area contributed by atoms with E-state index in [0.29, 0.717) is 45.5 Å². The number of rotatable bonds is 48. The van der Waals surface area contributed by atoms with E-state index >= 15 is 0 Å². The molecular weight excluding hydrogens is 928 g/mol. The lowest BCUT2D eigenvalue weighted by molar-refractivity contribution is -0.162. The highest BCUT2D eigenvalue weighted by atomic mass is 31.2. The molecule has 2 rings (SSSR count). The summed E-state index contributed by atoms with van der Waals surface area (Å²) in [6.45, 7) is 3.73. The van der Waals surface area contributed by atoms with Crippen molar-refractivity contribution in [3.63, 3.8) is 0 Å². The van der Waals surface area contributed by atoms with Gasteiger partial charge >= 0.3 is 31.7 Å². The van der Waals surface area contributed by atoms with Crippen LogP contribution in [-0.4, -0.2) is 80.6 Å². The van der Waals surface area contributed by atoms with E-state index in [0.717, 1.165) is 49.7 Å². The zero-order chi connectivity index (χ0) is 51.3. The van der Waals surface area contributed by atoms with Crippen molar-refractivity contribution in [2.75, 3.05) is 39.6 Å². The molecule has 0 fully saturated rings. The van der Waals surface area contributed by atoms with E-state index in [1.54, 1.807) is 0 Å². The number of carbonyl (C=O) groups is 4. The maximum Gasteiger partial charge on any atom is 0.472 e. The first-order valence-electron chi connectivity index (χ1n) is 27.2. The summed E-state index contributed by atoms with van der Waals surface area (Å²) in [5, 5.41) is 0. The molecule has 2 unspecified atom stereocenters. The third-order valence-electron chi connectivity index (χ3n) is 11.8. The second-order valence-corrected chi connectivity index (χ2v) is 20.0. The van der Waals surface area contributed by atoms with E-state index in [1.807, 2.05) is 60.7 Å². The number of hydrogen-bond acceptors (Lipinski definition) is 13. The van der Waals surface area contributed by atoms with Gasteiger partial charge in [-0.2, -0.15) is 0 Å². The minimum Gasteiger partial charge on any atom is -0.462 e. The zero-order valence-electron chi connectivity index (χ0n) is 43.6. The SMILES string of the molecule is CCCCCCCCCCCCCC(=O)OC[C@H](COP(=O)(O)OCC(COC(=O)CCCOCc1ccccc1)OC(=O)CCCOCc1ccccc1)OC(=O)CCCCCCCCCCCCC. The van der Waals surface area contributed by atoms with Crippen molar-refractivity contribution in [2.24, 2.45) is 0 Å². The van der Waals surface area contributed by atoms with Gasteiger partial charge in [-0.15, -0.1) is 0 Å². The molecule has 2 aromatic carbocycles. The summed E-state index contributed by atoms with van der Waals surface area (Å²) in [7, 11) is -4.88. The summed E-state index contributed by atoms with van der Waals surface area (Å²) in [6, 6.07) is 19.2. The number of benzene rings is 2. The largest absolute Gasteiger partial charge is 0.472 e. The van der Waals surface area contributed by atoms with E-state index in [1.165, 1.54) is 89.9 Å². The predicted octanol–water partition coefficient (Wildman–Crippen LogP) is 13.4. The van der Waals surface area contributed by atoms with Crippen LogP contribution in [0, 0.1) is 0 Å². The molecule has 71 heavy (non-hydrogen) atoms. The first-order chi connectivity index (χ1) is 34.6. The van der Waals surface area contributed by atoms with Crippen LogP contribution in [0.1, 0.15) is 205 Å². The highest BCUT2D eigenvalue weighted by molar-refractivity contribution is 7.47. The molecule has 0 spiro atoms. The van der Waals surface area contributed by atoms with Gasteiger partial charge in [0.05, 0.1) is 26.4 Å². The van der Waals surface area contributed by atoms with Crippen molar-refractivity contribution in [1.82, 2.24) is 0 Å². The second-order valence-electron chi connectivity index (χ2n) is 18.5. The summed E-state index contributed by atoms with van der Waals surface area (Å²) >= 11 is 0. The molecule has 0 aliphatic carbocycles. The Morgan fingerprint density at radius 2 is 0.732 bits per heavy atom. The van der Waals surface area contributed by atoms with Crippen molar-refractivity contribution < 1.29 is 66.1 Å². The molecule has 14 nitrogen and oxygen atoms in total. The summed E-state index contributed by atoms with van der Waals surface area (Å²) in [6.07, 6.45) is 23.6. The number of phosphoric acid groups is 1. The number of carbonyl (C=O) groups excluding carboxylic acids is 4. The third kappa shape index (κ3) is 38.6. The van der Waals surface area contributed by atoms with Gasteiger partial charge in [0.15, 0.2) is 12.2 Å². The second kappa shape index (κ2) is 43.9. The Morgan fingerprint density at radius 1 is 0.423 bits per heavy atom. The Kier molecular flexibility index (Phi) is 39.2. The lowest BCUT2D eigenvalue weighted by Crippen LogP contribution is -2.31. The smallest absolute Gasteiger partial charge is 0.462 e. The highest BCUT2D eigenvalue weighted by Crippen LogP contribution is 2.43. The Bertz CT molecular complexity index is 1660. The van der Waals surface area contributed by atoms with Gasteiger partial charge in [-0.1, -0.05) is 203 Å². The molecule has 0 radical (unpaired) electrons. The van der Waals surface area contributed by atoms with Crippen molar-refractivity contribution in [1.29, 1.82) is 0 Å². The van der Waals surface area contributed by atoms with E-state index in [4.69, 9.17) is 37.5 Å². The van der Waals surface area contributed by atoms with Gasteiger partial charge < -0.3 is 33.3 Å². The van der Waals surface area contributed by atoms with Gasteiger partial charge in [0, 0.05) is 38.9 Å². The van der Waals surface area contributed by atoms with Crippen LogP contribution >= 0.6 is 7.82 Å². The Hall–Kier alpha value is -3.65. The molecule has 3 atom stereocenters. The van der Waals surface area contributed by atoms with Gasteiger partial charge in [-0.05, 0) is 36.8 Å². The Labute approximate surface area is 426 Å². The van der Waals surface area contributed by atoms with Crippen LogP contribution in [0.2, 0.25) is 0 Å². The predicted molar refractivity (Wildman–Crippen MR) is 276 cm³/mol. The molecule has 2 aromatic rings. The fourth-order valence-electron chi connectivity index (χ4n) is 7.66. The van der Waals surface area contributed by atoms with E-state index in [-0.39, 0.29) is 38.9 Å². The third-order valence-corrected chi connectivity index (χ3v) is 12.8. The molecule has 1 N–H and O–H groups in total. The summed E-state index contributed by atoms with van der Waals surface area (Å²) in [5.41, 5.74) is 2.00. The van der Waals surface area contributed by atoms with Crippen LogP contribution in [0.15, 0.2) is 60.7 Å². The van der Waals surface area contributed by atoms with Crippen LogP contribution in [0.4, 0.5) is 0 Å². The average Bonchev–Trinajstić information content (AvgIpc) is 3.37. The Balaban J connectivity index is 1.91. The summed E-state index contributed by atoms with van der Waals surface area (Å²) in [4.78, 5) is 62.0. The fourth-order valence-corrected chi connectivity index (χ4v) is 8.45. The van der Waals surface area contributed by atoms with Gasteiger partial charge in [0.1, 0.15) is 13.2 Å². The fraction of sp³-hybridized carbons (Fsp3) is 0.714. The molecule has 0 amide bonds. The molecule has 0 heterocycles. The maximum absolute atomic E-state index is 13.2. The van der Waals surface area contributed by atoms with Crippen LogP contribution < -0.4 is 0 Å². The minimum atomic E-state index is -4.88. The van der Waals surface area contributed by atoms with Gasteiger partial charge in [0.2, 0.25) is 0 Å². The summed E-state index contributed by atoms with van der Waals surface area (Å²) < 4.78 is 57.1. The molecule has 0 aliphatic rings. The van der Waals surface area contributed by atoms with Gasteiger partial charge in [-0.25, -0.2) is 4.57 Å². The van der Waals surface area contributed by atoms with Crippen LogP contribution in [0.3, 0.4) is 0 Å². The van der Waals surface area contributed by atoms with Crippen LogP contribution in [0.25, 0.3) is 0 Å². The van der Waals surface area contributed by atoms with Crippen molar-refractivity contribution >= 4 is 31.7 Å². The van der Waals surface area contributed by atoms with E-state index in [9.17, 15) is 28.6 Å². The van der Waals surface area contributed by atoms with E-state index < -0.39 is 63.7 Å². The quantitative estimate of drug-likeness (QED) is 0.0286. The number of phosphoric ester groups is 1. The van der Waals surface area contributed by atoms with Crippen LogP contribution in [0.5, 0.6) is 0 Å². The molecule has 404 valence electrons. The van der Waals surface area contributed by atoms with Crippen molar-refractivity contribution in [3.8, 4) is 0 Å². The molecule has 0 aliphatic heterocycles. The summed E-state index contributed by atoms with van der Waals surface area (Å²) in [5.74, 6) is -2.23. The monoisotopic (exact) mass is 1020 g/mol. The maximum atomic E-state index is 13.2. The zero-order valence-corrected chi connectivity index (χ0v) is 44.5. The molecule has 0 aromatic heterocycles.